The Bertz CT molecular complexity index is 1100. The first-order valence-corrected chi connectivity index (χ1v) is 10.9. The number of amides is 1. The van der Waals surface area contributed by atoms with E-state index in [1.807, 2.05) is 6.07 Å². The van der Waals surface area contributed by atoms with Crippen LogP contribution in [0.5, 0.6) is 11.5 Å². The molecule has 5 nitrogen and oxygen atoms in total. The largest absolute Gasteiger partial charge is 0.496 e. The lowest BCUT2D eigenvalue weighted by molar-refractivity contribution is 0.101. The van der Waals surface area contributed by atoms with Gasteiger partial charge in [0, 0.05) is 21.2 Å². The molecule has 0 bridgehead atoms. The molecule has 0 saturated heterocycles. The molecule has 0 atom stereocenters. The third kappa shape index (κ3) is 5.73. The van der Waals surface area contributed by atoms with Gasteiger partial charge in [-0.1, -0.05) is 35.3 Å². The smallest absolute Gasteiger partial charge is 0.263 e. The molecule has 0 saturated carbocycles. The van der Waals surface area contributed by atoms with E-state index in [1.165, 1.54) is 26.0 Å². The number of Topliss-reactive ketones (excluding diaryl/α,β-unsaturated/α-hetero) is 1. The van der Waals surface area contributed by atoms with Gasteiger partial charge in [-0.15, -0.1) is 11.8 Å². The van der Waals surface area contributed by atoms with E-state index in [4.69, 9.17) is 32.7 Å². The quantitative estimate of drug-likeness (QED) is 0.308. The molecule has 8 heteroatoms. The Hall–Kier alpha value is -2.67. The molecule has 3 aromatic rings. The van der Waals surface area contributed by atoms with Gasteiger partial charge in [-0.2, -0.15) is 0 Å². The van der Waals surface area contributed by atoms with E-state index in [2.05, 4.69) is 5.32 Å². The van der Waals surface area contributed by atoms with E-state index in [0.717, 1.165) is 4.90 Å². The minimum absolute atomic E-state index is 0.111. The van der Waals surface area contributed by atoms with Gasteiger partial charge in [0.15, 0.2) is 5.78 Å². The zero-order valence-electron chi connectivity index (χ0n) is 16.8. The zero-order valence-corrected chi connectivity index (χ0v) is 19.1. The Kier molecular flexibility index (Phi) is 7.85. The SMILES string of the molecule is COc1cccc(OC)c1C(=O)Nc1cccc(SCC(=O)c2ccc(Cl)cc2Cl)c1. The number of halogens is 2. The number of hydrogen-bond donors (Lipinski definition) is 1. The van der Waals surface area contributed by atoms with E-state index in [-0.39, 0.29) is 17.4 Å². The normalized spacial score (nSPS) is 10.5. The van der Waals surface area contributed by atoms with Gasteiger partial charge in [0.1, 0.15) is 17.1 Å². The van der Waals surface area contributed by atoms with Crippen LogP contribution in [0.15, 0.2) is 65.6 Å². The standard InChI is InChI=1S/C23H19Cl2NO4S/c1-29-20-7-4-8-21(30-2)22(20)23(28)26-15-5-3-6-16(12-15)31-13-19(27)17-10-9-14(24)11-18(17)25/h3-12H,13H2,1-2H3,(H,26,28). The molecule has 0 aromatic heterocycles. The molecule has 0 spiro atoms. The van der Waals surface area contributed by atoms with Gasteiger partial charge >= 0.3 is 0 Å². The second-order valence-corrected chi connectivity index (χ2v) is 8.25. The van der Waals surface area contributed by atoms with E-state index in [9.17, 15) is 9.59 Å². The molecule has 0 radical (unpaired) electrons. The van der Waals surface area contributed by atoms with Crippen LogP contribution in [0.1, 0.15) is 20.7 Å². The Balaban J connectivity index is 1.71. The maximum atomic E-state index is 12.8. The average molecular weight is 476 g/mol. The number of hydrogen-bond acceptors (Lipinski definition) is 5. The highest BCUT2D eigenvalue weighted by atomic mass is 35.5. The van der Waals surface area contributed by atoms with Crippen molar-refractivity contribution in [1.82, 2.24) is 0 Å². The van der Waals surface area contributed by atoms with Crippen molar-refractivity contribution in [3.8, 4) is 11.5 Å². The van der Waals surface area contributed by atoms with Crippen molar-refractivity contribution in [2.45, 2.75) is 4.90 Å². The first-order valence-electron chi connectivity index (χ1n) is 9.16. The summed E-state index contributed by atoms with van der Waals surface area (Å²) >= 11 is 13.3. The van der Waals surface area contributed by atoms with E-state index >= 15 is 0 Å². The van der Waals surface area contributed by atoms with Crippen molar-refractivity contribution in [2.75, 3.05) is 25.3 Å². The van der Waals surface area contributed by atoms with Gasteiger partial charge in [-0.25, -0.2) is 0 Å². The molecule has 0 heterocycles. The van der Waals surface area contributed by atoms with Gasteiger partial charge in [0.05, 0.1) is 25.0 Å². The molecule has 0 aliphatic heterocycles. The molecular weight excluding hydrogens is 457 g/mol. The van der Waals surface area contributed by atoms with E-state index in [1.54, 1.807) is 54.6 Å². The van der Waals surface area contributed by atoms with Crippen LogP contribution < -0.4 is 14.8 Å². The number of carbonyl (C=O) groups is 2. The number of methoxy groups -OCH3 is 2. The lowest BCUT2D eigenvalue weighted by Gasteiger charge is -2.13. The summed E-state index contributed by atoms with van der Waals surface area (Å²) in [6.07, 6.45) is 0. The fourth-order valence-corrected chi connectivity index (χ4v) is 4.23. The lowest BCUT2D eigenvalue weighted by Crippen LogP contribution is -2.14. The Morgan fingerprint density at radius 3 is 2.26 bits per heavy atom. The van der Waals surface area contributed by atoms with Gasteiger partial charge in [0.2, 0.25) is 0 Å². The number of benzene rings is 3. The molecule has 3 rings (SSSR count). The Morgan fingerprint density at radius 1 is 0.935 bits per heavy atom. The first-order chi connectivity index (χ1) is 14.9. The van der Waals surface area contributed by atoms with Crippen LogP contribution in [-0.2, 0) is 0 Å². The highest BCUT2D eigenvalue weighted by molar-refractivity contribution is 8.00. The second kappa shape index (κ2) is 10.6. The minimum atomic E-state index is -0.361. The highest BCUT2D eigenvalue weighted by Crippen LogP contribution is 2.30. The fourth-order valence-electron chi connectivity index (χ4n) is 2.87. The maximum absolute atomic E-state index is 12.8. The van der Waals surface area contributed by atoms with Crippen LogP contribution in [0.2, 0.25) is 10.0 Å². The number of thioether (sulfide) groups is 1. The number of ketones is 1. The third-order valence-corrected chi connectivity index (χ3v) is 5.89. The van der Waals surface area contributed by atoms with Crippen LogP contribution in [0.4, 0.5) is 5.69 Å². The summed E-state index contributed by atoms with van der Waals surface area (Å²) < 4.78 is 10.6. The van der Waals surface area contributed by atoms with Crippen molar-refractivity contribution in [3.63, 3.8) is 0 Å². The third-order valence-electron chi connectivity index (χ3n) is 4.35. The number of anilines is 1. The highest BCUT2D eigenvalue weighted by Gasteiger charge is 2.18. The van der Waals surface area contributed by atoms with E-state index < -0.39 is 0 Å². The molecule has 0 aliphatic carbocycles. The number of nitrogens with one attached hydrogen (secondary N) is 1. The van der Waals surface area contributed by atoms with Crippen molar-refractivity contribution < 1.29 is 19.1 Å². The van der Waals surface area contributed by atoms with Crippen molar-refractivity contribution in [3.05, 3.63) is 81.8 Å². The Labute approximate surface area is 194 Å². The van der Waals surface area contributed by atoms with Gasteiger partial charge in [-0.3, -0.25) is 9.59 Å². The Morgan fingerprint density at radius 2 is 1.61 bits per heavy atom. The van der Waals surface area contributed by atoms with Gasteiger partial charge in [0.25, 0.3) is 5.91 Å². The predicted molar refractivity (Wildman–Crippen MR) is 125 cm³/mol. The number of rotatable bonds is 8. The van der Waals surface area contributed by atoms with Crippen LogP contribution >= 0.6 is 35.0 Å². The van der Waals surface area contributed by atoms with Crippen molar-refractivity contribution in [2.24, 2.45) is 0 Å². The lowest BCUT2D eigenvalue weighted by atomic mass is 10.1. The number of ether oxygens (including phenoxy) is 2. The van der Waals surface area contributed by atoms with E-state index in [0.29, 0.717) is 38.4 Å². The second-order valence-electron chi connectivity index (χ2n) is 6.36. The van der Waals surface area contributed by atoms with Crippen LogP contribution in [0.3, 0.4) is 0 Å². The fraction of sp³-hybridized carbons (Fsp3) is 0.130. The van der Waals surface area contributed by atoms with Gasteiger partial charge < -0.3 is 14.8 Å². The van der Waals surface area contributed by atoms with Crippen LogP contribution in [-0.4, -0.2) is 31.7 Å². The molecule has 31 heavy (non-hydrogen) atoms. The van der Waals surface area contributed by atoms with Gasteiger partial charge in [-0.05, 0) is 48.5 Å². The summed E-state index contributed by atoms with van der Waals surface area (Å²) in [5.74, 6) is 0.542. The van der Waals surface area contributed by atoms with Crippen molar-refractivity contribution in [1.29, 1.82) is 0 Å². The van der Waals surface area contributed by atoms with Crippen LogP contribution in [0.25, 0.3) is 0 Å². The monoisotopic (exact) mass is 475 g/mol. The summed E-state index contributed by atoms with van der Waals surface area (Å²) in [6, 6.07) is 17.1. The summed E-state index contributed by atoms with van der Waals surface area (Å²) in [5.41, 5.74) is 1.31. The molecule has 0 aliphatic rings. The van der Waals surface area contributed by atoms with Crippen LogP contribution in [0, 0.1) is 0 Å². The summed E-state index contributed by atoms with van der Waals surface area (Å²) in [4.78, 5) is 26.2. The molecule has 160 valence electrons. The number of carbonyl (C=O) groups excluding carboxylic acids is 2. The molecule has 0 fully saturated rings. The topological polar surface area (TPSA) is 64.6 Å². The minimum Gasteiger partial charge on any atom is -0.496 e. The molecule has 1 N–H and O–H groups in total. The molecule has 1 amide bonds. The molecule has 3 aromatic carbocycles. The molecule has 0 unspecified atom stereocenters. The first kappa shape index (κ1) is 23.0. The zero-order chi connectivity index (χ0) is 22.4. The summed E-state index contributed by atoms with van der Waals surface area (Å²) in [6.45, 7) is 0. The maximum Gasteiger partial charge on any atom is 0.263 e. The summed E-state index contributed by atoms with van der Waals surface area (Å²) in [7, 11) is 2.99. The van der Waals surface area contributed by atoms with Crippen molar-refractivity contribution >= 4 is 52.3 Å². The summed E-state index contributed by atoms with van der Waals surface area (Å²) in [5, 5.41) is 3.65. The predicted octanol–water partition coefficient (Wildman–Crippen LogP) is 6.24. The molecular formula is C23H19Cl2NO4S. The average Bonchev–Trinajstić information content (AvgIpc) is 2.77.